The molecule has 3 aliphatic rings. The van der Waals surface area contributed by atoms with E-state index in [0.29, 0.717) is 31.8 Å². The van der Waals surface area contributed by atoms with Gasteiger partial charge in [-0.2, -0.15) is 9.84 Å². The number of carbonyl (C=O) groups excluding carboxylic acids is 1. The maximum absolute atomic E-state index is 12.7. The molecule has 0 unspecified atom stereocenters. The van der Waals surface area contributed by atoms with Gasteiger partial charge in [-0.05, 0) is 67.3 Å². The summed E-state index contributed by atoms with van der Waals surface area (Å²) in [6, 6.07) is 8.56. The summed E-state index contributed by atoms with van der Waals surface area (Å²) in [6.45, 7) is 9.76. The van der Waals surface area contributed by atoms with Gasteiger partial charge in [-0.25, -0.2) is 0 Å². The molecule has 1 amide bonds. The van der Waals surface area contributed by atoms with Crippen LogP contribution in [0, 0.1) is 11.3 Å². The lowest BCUT2D eigenvalue weighted by Crippen LogP contribution is -2.47. The molecule has 36 heavy (non-hydrogen) atoms. The molecule has 186 valence electrons. The molecule has 0 aliphatic carbocycles. The fourth-order valence-corrected chi connectivity index (χ4v) is 4.93. The lowest BCUT2D eigenvalue weighted by molar-refractivity contribution is -0.551. The van der Waals surface area contributed by atoms with Crippen molar-refractivity contribution in [2.45, 2.75) is 39.5 Å². The highest BCUT2D eigenvalue weighted by molar-refractivity contribution is 6.16. The van der Waals surface area contributed by atoms with Crippen molar-refractivity contribution in [3.05, 3.63) is 88.3 Å². The lowest BCUT2D eigenvalue weighted by atomic mass is 9.82. The zero-order valence-electron chi connectivity index (χ0n) is 21.3. The Morgan fingerprint density at radius 1 is 1.31 bits per heavy atom. The van der Waals surface area contributed by atoms with E-state index in [4.69, 9.17) is 0 Å². The van der Waals surface area contributed by atoms with Crippen LogP contribution in [0.2, 0.25) is 0 Å². The first-order valence-corrected chi connectivity index (χ1v) is 12.3. The topological polar surface area (TPSA) is 90.8 Å². The van der Waals surface area contributed by atoms with E-state index in [1.807, 2.05) is 38.3 Å². The monoisotopic (exact) mass is 485 g/mol. The van der Waals surface area contributed by atoms with Crippen LogP contribution in [-0.2, 0) is 16.6 Å². The van der Waals surface area contributed by atoms with Crippen molar-refractivity contribution in [3.63, 3.8) is 0 Å². The van der Waals surface area contributed by atoms with Gasteiger partial charge in [-0.1, -0.05) is 32.1 Å². The fraction of sp³-hybridized carbons (Fsp3) is 0.345. The first-order chi connectivity index (χ1) is 17.3. The number of anilines is 1. The molecule has 0 atom stereocenters. The molecule has 0 bridgehead atoms. The molecule has 7 nitrogen and oxygen atoms in total. The van der Waals surface area contributed by atoms with Crippen LogP contribution in [-0.4, -0.2) is 57.9 Å². The molecule has 1 aromatic rings. The Bertz CT molecular complexity index is 1320. The molecule has 0 fully saturated rings. The average Bonchev–Trinajstić information content (AvgIpc) is 3.10. The molecule has 7 heteroatoms. The molecule has 4 rings (SSSR count). The van der Waals surface area contributed by atoms with Gasteiger partial charge in [0, 0.05) is 36.2 Å². The second-order valence-corrected chi connectivity index (χ2v) is 9.57. The van der Waals surface area contributed by atoms with E-state index in [2.05, 4.69) is 36.9 Å². The van der Waals surface area contributed by atoms with Gasteiger partial charge in [0.05, 0.1) is 11.6 Å². The fourth-order valence-electron chi connectivity index (χ4n) is 4.93. The second kappa shape index (κ2) is 10.00. The van der Waals surface area contributed by atoms with Crippen molar-refractivity contribution in [3.8, 4) is 6.07 Å². The summed E-state index contributed by atoms with van der Waals surface area (Å²) in [5.41, 5.74) is 5.65. The van der Waals surface area contributed by atoms with Gasteiger partial charge in [-0.3, -0.25) is 9.69 Å². The number of fused-ring (bicyclic) bond motifs is 3. The number of nitrogens with zero attached hydrogens (tertiary/aromatic N) is 4. The summed E-state index contributed by atoms with van der Waals surface area (Å²) in [4.78, 5) is 16.6. The zero-order chi connectivity index (χ0) is 26.0. The molecule has 0 spiro atoms. The van der Waals surface area contributed by atoms with E-state index >= 15 is 0 Å². The van der Waals surface area contributed by atoms with E-state index in [-0.39, 0.29) is 29.4 Å². The summed E-state index contributed by atoms with van der Waals surface area (Å²) in [7, 11) is 0. The van der Waals surface area contributed by atoms with E-state index < -0.39 is 0 Å². The summed E-state index contributed by atoms with van der Waals surface area (Å²) in [5.74, 6) is -0.263. The van der Waals surface area contributed by atoms with Gasteiger partial charge < -0.3 is 15.1 Å². The number of aliphatic hydroxyl groups is 2. The lowest BCUT2D eigenvalue weighted by Gasteiger charge is -2.27. The van der Waals surface area contributed by atoms with Gasteiger partial charge in [-0.15, -0.1) is 0 Å². The van der Waals surface area contributed by atoms with Crippen LogP contribution in [0.15, 0.2) is 77.2 Å². The van der Waals surface area contributed by atoms with E-state index in [1.165, 1.54) is 5.56 Å². The number of benzene rings is 1. The highest BCUT2D eigenvalue weighted by Crippen LogP contribution is 2.50. The van der Waals surface area contributed by atoms with Crippen molar-refractivity contribution in [1.29, 1.82) is 5.26 Å². The van der Waals surface area contributed by atoms with Crippen LogP contribution < -0.4 is 4.90 Å². The maximum Gasteiger partial charge on any atom is 0.374 e. The quantitative estimate of drug-likeness (QED) is 0.363. The summed E-state index contributed by atoms with van der Waals surface area (Å²) < 4.78 is 1.74. The number of hydrogen-bond donors (Lipinski definition) is 2. The molecule has 0 aromatic heterocycles. The Labute approximate surface area is 212 Å². The molecule has 0 radical (unpaired) electrons. The van der Waals surface area contributed by atoms with Gasteiger partial charge in [0.2, 0.25) is 6.67 Å². The van der Waals surface area contributed by atoms with Crippen LogP contribution in [0.1, 0.15) is 38.8 Å². The molecule has 1 aromatic carbocycles. The smallest absolute Gasteiger partial charge is 0.374 e. The molecule has 0 saturated carbocycles. The molecule has 3 aliphatic heterocycles. The van der Waals surface area contributed by atoms with E-state index in [0.717, 1.165) is 22.5 Å². The number of nitriles is 1. The predicted molar refractivity (Wildman–Crippen MR) is 141 cm³/mol. The first kappa shape index (κ1) is 25.2. The van der Waals surface area contributed by atoms with Gasteiger partial charge in [0.25, 0.3) is 5.91 Å². The third kappa shape index (κ3) is 4.29. The highest BCUT2D eigenvalue weighted by atomic mass is 16.3. The SMILES string of the molecule is CCN1C[N+](CC)=C(O)\C(=C/C=C/C(C#N)=C2/C=CN3C(=C2)C(C)(C)c2cc(CCO)ccc23)C1=O. The predicted octanol–water partition coefficient (Wildman–Crippen LogP) is 3.84. The second-order valence-electron chi connectivity index (χ2n) is 9.57. The minimum Gasteiger partial charge on any atom is -0.460 e. The molecule has 0 saturated heterocycles. The summed E-state index contributed by atoms with van der Waals surface area (Å²) >= 11 is 0. The van der Waals surface area contributed by atoms with Gasteiger partial charge in [0.1, 0.15) is 6.54 Å². The Kier molecular flexibility index (Phi) is 7.00. The molecule has 3 heterocycles. The third-order valence-corrected chi connectivity index (χ3v) is 7.11. The third-order valence-electron chi connectivity index (χ3n) is 7.11. The van der Waals surface area contributed by atoms with Crippen molar-refractivity contribution in [2.75, 3.05) is 31.3 Å². The van der Waals surface area contributed by atoms with Gasteiger partial charge in [0.15, 0.2) is 5.57 Å². The standard InChI is InChI=1S/C29H32N4O3/c1-5-31-19-32(6-2)28(36)23(27(31)35)9-7-8-22(18-30)21-12-14-33-25-11-10-20(13-15-34)16-24(25)29(3,4)26(33)17-21/h7-12,14,16-17,34H,5-6,13,15,19H2,1-4H3/p+1/b8-7+,22-21+. The number of allylic oxidation sites excluding steroid dienone is 8. The van der Waals surface area contributed by atoms with E-state index in [1.54, 1.807) is 27.7 Å². The number of carbonyl (C=O) groups is 1. The Morgan fingerprint density at radius 3 is 2.75 bits per heavy atom. The first-order valence-electron chi connectivity index (χ1n) is 12.3. The van der Waals surface area contributed by atoms with Crippen LogP contribution in [0.5, 0.6) is 0 Å². The summed E-state index contributed by atoms with van der Waals surface area (Å²) in [6.07, 6.45) is 11.4. The normalized spacial score (nSPS) is 21.2. The van der Waals surface area contributed by atoms with Crippen molar-refractivity contribution in [2.24, 2.45) is 0 Å². The molecule has 2 N–H and O–H groups in total. The Hall–Kier alpha value is -3.89. The van der Waals surface area contributed by atoms with Crippen LogP contribution >= 0.6 is 0 Å². The Balaban J connectivity index is 1.68. The number of rotatable bonds is 6. The summed E-state index contributed by atoms with van der Waals surface area (Å²) in [5, 5.41) is 29.8. The molecular formula is C29H33N4O3+. The number of hydrogen-bond acceptors (Lipinski definition) is 4. The zero-order valence-corrected chi connectivity index (χ0v) is 21.3. The minimum absolute atomic E-state index is 0.0376. The largest absolute Gasteiger partial charge is 0.460 e. The van der Waals surface area contributed by atoms with E-state index in [9.17, 15) is 20.3 Å². The van der Waals surface area contributed by atoms with Crippen molar-refractivity contribution >= 4 is 17.5 Å². The highest BCUT2D eigenvalue weighted by Gasteiger charge is 2.40. The maximum atomic E-state index is 12.7. The molecular weight excluding hydrogens is 452 g/mol. The van der Waals surface area contributed by atoms with Crippen molar-refractivity contribution in [1.82, 2.24) is 4.90 Å². The van der Waals surface area contributed by atoms with Crippen molar-refractivity contribution < 1.29 is 19.6 Å². The average molecular weight is 486 g/mol. The Morgan fingerprint density at radius 2 is 2.08 bits per heavy atom. The number of amides is 1. The number of aliphatic hydroxyl groups excluding tert-OH is 2. The minimum atomic E-state index is -0.272. The number of likely N-dealkylation sites (N-methyl/N-ethyl adjacent to an activating group) is 1. The van der Waals surface area contributed by atoms with Gasteiger partial charge >= 0.3 is 5.90 Å². The van der Waals surface area contributed by atoms with Crippen LogP contribution in [0.4, 0.5) is 5.69 Å². The van der Waals surface area contributed by atoms with Crippen LogP contribution in [0.25, 0.3) is 0 Å². The van der Waals surface area contributed by atoms with Crippen LogP contribution in [0.3, 0.4) is 0 Å².